The van der Waals surface area contributed by atoms with Gasteiger partial charge in [-0.1, -0.05) is 32.4 Å². The Balaban J connectivity index is 2.99. The number of hydrogen-bond acceptors (Lipinski definition) is 2. The zero-order chi connectivity index (χ0) is 12.3. The minimum atomic E-state index is 0.222. The Morgan fingerprint density at radius 2 is 1.94 bits per heavy atom. The van der Waals surface area contributed by atoms with Gasteiger partial charge in [-0.15, -0.1) is 0 Å². The number of rotatable bonds is 3. The van der Waals surface area contributed by atoms with Gasteiger partial charge in [-0.25, -0.2) is 0 Å². The molecule has 1 aromatic carbocycles. The molecule has 88 valence electrons. The van der Waals surface area contributed by atoms with E-state index in [0.717, 1.165) is 29.6 Å². The predicted molar refractivity (Wildman–Crippen MR) is 69.3 cm³/mol. The van der Waals surface area contributed by atoms with Gasteiger partial charge in [0.25, 0.3) is 0 Å². The quantitative estimate of drug-likeness (QED) is 0.727. The van der Waals surface area contributed by atoms with Gasteiger partial charge in [-0.2, -0.15) is 0 Å². The molecule has 0 N–H and O–H groups in total. The average Bonchev–Trinajstić information content (AvgIpc) is 2.14. The molecule has 0 heterocycles. The molecule has 2 heteroatoms. The number of hydrogen-bond donors (Lipinski definition) is 0. The number of carbonyl (C=O) groups excluding carboxylic acids is 1. The van der Waals surface area contributed by atoms with E-state index in [-0.39, 0.29) is 5.41 Å². The van der Waals surface area contributed by atoms with Gasteiger partial charge in [-0.05, 0) is 24.5 Å². The monoisotopic (exact) mass is 219 g/mol. The van der Waals surface area contributed by atoms with Crippen molar-refractivity contribution in [1.29, 1.82) is 0 Å². The van der Waals surface area contributed by atoms with Crippen molar-refractivity contribution in [1.82, 2.24) is 0 Å². The van der Waals surface area contributed by atoms with Crippen LogP contribution in [0.2, 0.25) is 0 Å². The van der Waals surface area contributed by atoms with Gasteiger partial charge in [0.1, 0.15) is 0 Å². The van der Waals surface area contributed by atoms with Crippen molar-refractivity contribution in [2.45, 2.75) is 27.7 Å². The Hall–Kier alpha value is -1.31. The van der Waals surface area contributed by atoms with Crippen LogP contribution in [0.1, 0.15) is 36.7 Å². The average molecular weight is 219 g/mol. The Kier molecular flexibility index (Phi) is 3.74. The van der Waals surface area contributed by atoms with E-state index in [1.807, 2.05) is 32.2 Å². The predicted octanol–water partition coefficient (Wildman–Crippen LogP) is 3.29. The number of carbonyl (C=O) groups is 1. The molecule has 0 radical (unpaired) electrons. The van der Waals surface area contributed by atoms with Crippen LogP contribution < -0.4 is 4.90 Å². The van der Waals surface area contributed by atoms with E-state index in [2.05, 4.69) is 25.7 Å². The molecule has 0 unspecified atom stereocenters. The second-order valence-corrected chi connectivity index (χ2v) is 5.60. The molecule has 0 atom stereocenters. The summed E-state index contributed by atoms with van der Waals surface area (Å²) < 4.78 is 0. The summed E-state index contributed by atoms with van der Waals surface area (Å²) >= 11 is 0. The van der Waals surface area contributed by atoms with E-state index >= 15 is 0 Å². The van der Waals surface area contributed by atoms with Crippen molar-refractivity contribution in [3.63, 3.8) is 0 Å². The summed E-state index contributed by atoms with van der Waals surface area (Å²) in [5.74, 6) is 0. The second-order valence-electron chi connectivity index (χ2n) is 5.60. The second kappa shape index (κ2) is 4.69. The zero-order valence-corrected chi connectivity index (χ0v) is 10.9. The first-order valence-electron chi connectivity index (χ1n) is 5.60. The van der Waals surface area contributed by atoms with Crippen LogP contribution in [0.15, 0.2) is 18.2 Å². The molecule has 0 aliphatic rings. The lowest BCUT2D eigenvalue weighted by molar-refractivity contribution is 0.112. The highest BCUT2D eigenvalue weighted by Crippen LogP contribution is 2.23. The van der Waals surface area contributed by atoms with Crippen molar-refractivity contribution in [3.05, 3.63) is 29.3 Å². The van der Waals surface area contributed by atoms with Gasteiger partial charge in [0.2, 0.25) is 0 Å². The topological polar surface area (TPSA) is 20.3 Å². The summed E-state index contributed by atoms with van der Waals surface area (Å²) in [7, 11) is 2.03. The number of anilines is 1. The highest BCUT2D eigenvalue weighted by Gasteiger charge is 2.15. The normalized spacial score (nSPS) is 11.3. The number of aldehydes is 1. The molecule has 0 spiro atoms. The molecule has 0 bridgehead atoms. The fourth-order valence-corrected chi connectivity index (χ4v) is 1.91. The highest BCUT2D eigenvalue weighted by molar-refractivity contribution is 5.84. The van der Waals surface area contributed by atoms with Crippen molar-refractivity contribution >= 4 is 12.0 Å². The first-order valence-corrected chi connectivity index (χ1v) is 5.60. The number of nitrogens with zero attached hydrogens (tertiary/aromatic N) is 1. The first-order chi connectivity index (χ1) is 7.33. The van der Waals surface area contributed by atoms with Gasteiger partial charge >= 0.3 is 0 Å². The van der Waals surface area contributed by atoms with E-state index in [9.17, 15) is 4.79 Å². The van der Waals surface area contributed by atoms with E-state index in [1.165, 1.54) is 0 Å². The smallest absolute Gasteiger partial charge is 0.152 e. The van der Waals surface area contributed by atoms with E-state index < -0.39 is 0 Å². The molecule has 16 heavy (non-hydrogen) atoms. The van der Waals surface area contributed by atoms with Crippen molar-refractivity contribution in [3.8, 4) is 0 Å². The molecule has 0 aliphatic heterocycles. The third kappa shape index (κ3) is 3.37. The number of aryl methyl sites for hydroxylation is 1. The lowest BCUT2D eigenvalue weighted by Gasteiger charge is -2.29. The molecular weight excluding hydrogens is 198 g/mol. The molecule has 1 aromatic rings. The van der Waals surface area contributed by atoms with Crippen LogP contribution >= 0.6 is 0 Å². The van der Waals surface area contributed by atoms with E-state index in [0.29, 0.717) is 0 Å². The van der Waals surface area contributed by atoms with Crippen LogP contribution in [0.5, 0.6) is 0 Å². The maximum atomic E-state index is 11.0. The van der Waals surface area contributed by atoms with Gasteiger partial charge in [0.15, 0.2) is 6.29 Å². The van der Waals surface area contributed by atoms with Crippen LogP contribution in [0, 0.1) is 12.3 Å². The van der Waals surface area contributed by atoms with E-state index in [1.54, 1.807) is 0 Å². The summed E-state index contributed by atoms with van der Waals surface area (Å²) in [6.45, 7) is 9.51. The molecule has 0 saturated carbocycles. The Bertz CT molecular complexity index is 377. The molecular formula is C14H21NO. The lowest BCUT2D eigenvalue weighted by Crippen LogP contribution is -2.29. The van der Waals surface area contributed by atoms with Crippen molar-refractivity contribution in [2.75, 3.05) is 18.5 Å². The summed E-state index contributed by atoms with van der Waals surface area (Å²) in [5, 5.41) is 0. The Morgan fingerprint density at radius 3 is 2.44 bits per heavy atom. The summed E-state index contributed by atoms with van der Waals surface area (Å²) in [6.07, 6.45) is 0.932. The summed E-state index contributed by atoms with van der Waals surface area (Å²) in [6, 6.07) is 5.99. The fourth-order valence-electron chi connectivity index (χ4n) is 1.91. The lowest BCUT2D eigenvalue weighted by atomic mass is 9.95. The van der Waals surface area contributed by atoms with Gasteiger partial charge < -0.3 is 4.90 Å². The molecule has 0 aromatic heterocycles. The van der Waals surface area contributed by atoms with Gasteiger partial charge in [0, 0.05) is 24.8 Å². The standard InChI is InChI=1S/C14H21NO/c1-11-6-7-13(12(8-11)9-16)15(5)10-14(2,3)4/h6-9H,10H2,1-5H3. The Labute approximate surface area is 98.3 Å². The molecule has 0 fully saturated rings. The summed E-state index contributed by atoms with van der Waals surface area (Å²) in [4.78, 5) is 13.2. The third-order valence-electron chi connectivity index (χ3n) is 2.43. The zero-order valence-electron chi connectivity index (χ0n) is 10.9. The van der Waals surface area contributed by atoms with Crippen LogP contribution in [-0.4, -0.2) is 19.9 Å². The fraction of sp³-hybridized carbons (Fsp3) is 0.500. The molecule has 2 nitrogen and oxygen atoms in total. The van der Waals surface area contributed by atoms with Crippen LogP contribution in [0.25, 0.3) is 0 Å². The largest absolute Gasteiger partial charge is 0.373 e. The first kappa shape index (κ1) is 12.8. The minimum absolute atomic E-state index is 0.222. The van der Waals surface area contributed by atoms with Crippen molar-refractivity contribution in [2.24, 2.45) is 5.41 Å². The van der Waals surface area contributed by atoms with Crippen LogP contribution in [-0.2, 0) is 0 Å². The van der Waals surface area contributed by atoms with Crippen molar-refractivity contribution < 1.29 is 4.79 Å². The molecule has 0 amide bonds. The van der Waals surface area contributed by atoms with Gasteiger partial charge in [0.05, 0.1) is 0 Å². The third-order valence-corrected chi connectivity index (χ3v) is 2.43. The number of benzene rings is 1. The Morgan fingerprint density at radius 1 is 1.31 bits per heavy atom. The molecule has 0 saturated heterocycles. The molecule has 0 aliphatic carbocycles. The van der Waals surface area contributed by atoms with Crippen LogP contribution in [0.3, 0.4) is 0 Å². The SMILES string of the molecule is Cc1ccc(N(C)CC(C)(C)C)c(C=O)c1. The molecule has 1 rings (SSSR count). The maximum absolute atomic E-state index is 11.0. The van der Waals surface area contributed by atoms with E-state index in [4.69, 9.17) is 0 Å². The minimum Gasteiger partial charge on any atom is -0.373 e. The maximum Gasteiger partial charge on any atom is 0.152 e. The highest BCUT2D eigenvalue weighted by atomic mass is 16.1. The van der Waals surface area contributed by atoms with Gasteiger partial charge in [-0.3, -0.25) is 4.79 Å². The van der Waals surface area contributed by atoms with Crippen LogP contribution in [0.4, 0.5) is 5.69 Å². The summed E-state index contributed by atoms with van der Waals surface area (Å²) in [5.41, 5.74) is 3.12.